The highest BCUT2D eigenvalue weighted by molar-refractivity contribution is 7.91. The maximum Gasteiger partial charge on any atom is 0.178 e. The van der Waals surface area contributed by atoms with Gasteiger partial charge in [0.2, 0.25) is 0 Å². The number of aromatic nitrogens is 1. The molecule has 0 N–H and O–H groups in total. The number of hydrogen-bond donors (Lipinski definition) is 0. The van der Waals surface area contributed by atoms with Crippen LogP contribution in [0.3, 0.4) is 0 Å². The van der Waals surface area contributed by atoms with Crippen molar-refractivity contribution in [3.8, 4) is 0 Å². The Morgan fingerprint density at radius 1 is 1.07 bits per heavy atom. The summed E-state index contributed by atoms with van der Waals surface area (Å²) in [7, 11) is -3.41. The number of nitrogens with zero attached hydrogens (tertiary/aromatic N) is 2. The fraction of sp³-hybridized carbons (Fsp3) is 0.278. The molecule has 2 aromatic carbocycles. The average Bonchev–Trinajstić information content (AvgIpc) is 2.95. The zero-order valence-corrected chi connectivity index (χ0v) is 16.6. The quantitative estimate of drug-likeness (QED) is 0.576. The van der Waals surface area contributed by atoms with Crippen LogP contribution in [0.4, 0.5) is 8.78 Å². The summed E-state index contributed by atoms with van der Waals surface area (Å²) in [4.78, 5) is 2.28. The van der Waals surface area contributed by atoms with Crippen LogP contribution in [0.2, 0.25) is 0 Å². The van der Waals surface area contributed by atoms with Gasteiger partial charge in [-0.1, -0.05) is 0 Å². The first-order valence-corrected chi connectivity index (χ1v) is 10.6. The zero-order valence-electron chi connectivity index (χ0n) is 14.1. The standard InChI is InChI=1S/C18H16F2N2O2S2.ClH/c19-13-1-4-15(5-2-13)26(23,24)11-12-8-22(9-12)10-17-16-6-3-14(20)7-18(16)25-21-17;/h1-7,12H,8-11H2;1H. The van der Waals surface area contributed by atoms with Gasteiger partial charge in [-0.15, -0.1) is 12.4 Å². The first-order valence-electron chi connectivity index (χ1n) is 8.15. The number of sulfone groups is 1. The van der Waals surface area contributed by atoms with E-state index in [0.717, 1.165) is 27.9 Å². The lowest BCUT2D eigenvalue weighted by Gasteiger charge is -2.38. The normalized spacial score (nSPS) is 15.5. The minimum atomic E-state index is -3.41. The van der Waals surface area contributed by atoms with E-state index in [1.807, 2.05) is 0 Å². The van der Waals surface area contributed by atoms with Gasteiger partial charge in [-0.2, -0.15) is 4.37 Å². The van der Waals surface area contributed by atoms with E-state index in [4.69, 9.17) is 0 Å². The van der Waals surface area contributed by atoms with Crippen molar-refractivity contribution >= 4 is 43.9 Å². The van der Waals surface area contributed by atoms with Gasteiger partial charge < -0.3 is 0 Å². The molecule has 0 amide bonds. The first-order chi connectivity index (χ1) is 12.4. The molecule has 0 atom stereocenters. The van der Waals surface area contributed by atoms with E-state index < -0.39 is 15.7 Å². The van der Waals surface area contributed by atoms with Crippen molar-refractivity contribution in [1.82, 2.24) is 9.27 Å². The summed E-state index contributed by atoms with van der Waals surface area (Å²) in [5, 5.41) is 0.943. The van der Waals surface area contributed by atoms with E-state index in [-0.39, 0.29) is 34.8 Å². The average molecular weight is 431 g/mol. The Bertz CT molecular complexity index is 1050. The molecule has 0 aliphatic carbocycles. The summed E-state index contributed by atoms with van der Waals surface area (Å²) >= 11 is 1.27. The Morgan fingerprint density at radius 2 is 1.74 bits per heavy atom. The molecule has 0 spiro atoms. The lowest BCUT2D eigenvalue weighted by Crippen LogP contribution is -2.48. The molecular weight excluding hydrogens is 414 g/mol. The van der Waals surface area contributed by atoms with E-state index in [1.54, 1.807) is 6.07 Å². The molecule has 3 aromatic rings. The fourth-order valence-electron chi connectivity index (χ4n) is 3.25. The van der Waals surface area contributed by atoms with E-state index in [2.05, 4.69) is 9.27 Å². The molecule has 0 radical (unpaired) electrons. The van der Waals surface area contributed by atoms with Gasteiger partial charge in [0, 0.05) is 25.0 Å². The SMILES string of the molecule is Cl.O=S(=O)(CC1CN(Cc2nsc3cc(F)ccc23)C1)c1ccc(F)cc1. The second-order valence-corrected chi connectivity index (χ2v) is 9.40. The number of fused-ring (bicyclic) bond motifs is 1. The number of rotatable bonds is 5. The second kappa shape index (κ2) is 7.79. The summed E-state index contributed by atoms with van der Waals surface area (Å²) in [6.45, 7) is 1.96. The third kappa shape index (κ3) is 4.29. The van der Waals surface area contributed by atoms with Crippen molar-refractivity contribution in [1.29, 1.82) is 0 Å². The summed E-state index contributed by atoms with van der Waals surface area (Å²) < 4.78 is 56.2. The van der Waals surface area contributed by atoms with Crippen LogP contribution in [0, 0.1) is 17.6 Å². The first kappa shape index (κ1) is 20.1. The third-order valence-corrected chi connectivity index (χ3v) is 7.29. The smallest absolute Gasteiger partial charge is 0.178 e. The van der Waals surface area contributed by atoms with E-state index in [0.29, 0.717) is 19.6 Å². The molecular formula is C18H17ClF2N2O2S2. The van der Waals surface area contributed by atoms with Crippen LogP contribution in [0.5, 0.6) is 0 Å². The maximum absolute atomic E-state index is 13.2. The molecule has 4 rings (SSSR count). The van der Waals surface area contributed by atoms with Gasteiger partial charge in [-0.3, -0.25) is 4.90 Å². The summed E-state index contributed by atoms with van der Waals surface area (Å²) in [5.41, 5.74) is 0.893. The molecule has 1 aliphatic rings. The number of hydrogen-bond acceptors (Lipinski definition) is 5. The largest absolute Gasteiger partial charge is 0.297 e. The molecule has 4 nitrogen and oxygen atoms in total. The van der Waals surface area contributed by atoms with Crippen molar-refractivity contribution in [2.75, 3.05) is 18.8 Å². The van der Waals surface area contributed by atoms with Gasteiger partial charge in [0.05, 0.1) is 21.0 Å². The van der Waals surface area contributed by atoms with E-state index in [1.165, 1.54) is 35.8 Å². The molecule has 144 valence electrons. The van der Waals surface area contributed by atoms with Crippen LogP contribution in [-0.2, 0) is 16.4 Å². The fourth-order valence-corrected chi connectivity index (χ4v) is 5.64. The molecule has 0 saturated carbocycles. The molecule has 9 heteroatoms. The van der Waals surface area contributed by atoms with Gasteiger partial charge >= 0.3 is 0 Å². The zero-order chi connectivity index (χ0) is 18.3. The van der Waals surface area contributed by atoms with E-state index in [9.17, 15) is 17.2 Å². The van der Waals surface area contributed by atoms with Crippen LogP contribution >= 0.6 is 23.9 Å². The highest BCUT2D eigenvalue weighted by Gasteiger charge is 2.32. The maximum atomic E-state index is 13.2. The van der Waals surface area contributed by atoms with Gasteiger partial charge in [-0.05, 0) is 59.9 Å². The predicted molar refractivity (Wildman–Crippen MR) is 104 cm³/mol. The molecule has 1 aliphatic heterocycles. The molecule has 2 heterocycles. The Balaban J connectivity index is 0.00000210. The van der Waals surface area contributed by atoms with E-state index >= 15 is 0 Å². The summed E-state index contributed by atoms with van der Waals surface area (Å²) in [6.07, 6.45) is 0. The topological polar surface area (TPSA) is 50.3 Å². The number of halogens is 3. The molecule has 27 heavy (non-hydrogen) atoms. The second-order valence-electron chi connectivity index (χ2n) is 6.57. The highest BCUT2D eigenvalue weighted by atomic mass is 35.5. The number of likely N-dealkylation sites (tertiary alicyclic amines) is 1. The molecule has 0 unspecified atom stereocenters. The highest BCUT2D eigenvalue weighted by Crippen LogP contribution is 2.28. The van der Waals surface area contributed by atoms with Crippen molar-refractivity contribution in [3.05, 3.63) is 59.8 Å². The molecule has 1 aromatic heterocycles. The Kier molecular flexibility index (Phi) is 5.81. The predicted octanol–water partition coefficient (Wildman–Crippen LogP) is 3.90. The van der Waals surface area contributed by atoms with Gasteiger partial charge in [0.25, 0.3) is 0 Å². The minimum absolute atomic E-state index is 0. The third-order valence-electron chi connectivity index (χ3n) is 4.54. The van der Waals surface area contributed by atoms with Gasteiger partial charge in [0.1, 0.15) is 11.6 Å². The van der Waals surface area contributed by atoms with Crippen LogP contribution < -0.4 is 0 Å². The van der Waals surface area contributed by atoms with Crippen molar-refractivity contribution in [3.63, 3.8) is 0 Å². The lowest BCUT2D eigenvalue weighted by molar-refractivity contribution is 0.106. The molecule has 1 fully saturated rings. The summed E-state index contributed by atoms with van der Waals surface area (Å²) in [6, 6.07) is 9.58. The molecule has 1 saturated heterocycles. The monoisotopic (exact) mass is 430 g/mol. The Hall–Kier alpha value is -1.61. The van der Waals surface area contributed by atoms with Crippen LogP contribution in [0.15, 0.2) is 47.4 Å². The summed E-state index contributed by atoms with van der Waals surface area (Å²) in [5.74, 6) is -0.623. The molecule has 0 bridgehead atoms. The van der Waals surface area contributed by atoms with Gasteiger partial charge in [-0.25, -0.2) is 17.2 Å². The van der Waals surface area contributed by atoms with Gasteiger partial charge in [0.15, 0.2) is 9.84 Å². The van der Waals surface area contributed by atoms with Crippen LogP contribution in [0.1, 0.15) is 5.69 Å². The number of benzene rings is 2. The van der Waals surface area contributed by atoms with Crippen molar-refractivity contribution in [2.45, 2.75) is 11.4 Å². The van der Waals surface area contributed by atoms with Crippen molar-refractivity contribution < 1.29 is 17.2 Å². The van der Waals surface area contributed by atoms with Crippen molar-refractivity contribution in [2.24, 2.45) is 5.92 Å². The van der Waals surface area contributed by atoms with Crippen LogP contribution in [-0.4, -0.2) is 36.5 Å². The van der Waals surface area contributed by atoms with Crippen LogP contribution in [0.25, 0.3) is 10.1 Å². The lowest BCUT2D eigenvalue weighted by atomic mass is 10.0. The minimum Gasteiger partial charge on any atom is -0.297 e. The Labute approximate surface area is 166 Å². The Morgan fingerprint density at radius 3 is 2.44 bits per heavy atom.